The molecule has 3 nitrogen and oxygen atoms in total. The minimum Gasteiger partial charge on any atom is -0.378 e. The Morgan fingerprint density at radius 1 is 1.25 bits per heavy atom. The molecular formula is C5H13NO2. The summed E-state index contributed by atoms with van der Waals surface area (Å²) in [6.45, 7) is 1.86. The van der Waals surface area contributed by atoms with E-state index in [0.29, 0.717) is 0 Å². The Morgan fingerprint density at radius 2 is 1.75 bits per heavy atom. The topological polar surface area (TPSA) is 44.5 Å². The third kappa shape index (κ3) is 2.26. The normalized spacial score (nSPS) is 18.0. The Bertz CT molecular complexity index is 50.4. The molecule has 0 saturated heterocycles. The van der Waals surface area contributed by atoms with Gasteiger partial charge >= 0.3 is 0 Å². The average molecular weight is 119 g/mol. The minimum absolute atomic E-state index is 0.0278. The van der Waals surface area contributed by atoms with Crippen LogP contribution in [-0.4, -0.2) is 26.6 Å². The van der Waals surface area contributed by atoms with Crippen LogP contribution in [0.5, 0.6) is 0 Å². The predicted molar refractivity (Wildman–Crippen MR) is 31.5 cm³/mol. The first-order valence-corrected chi connectivity index (χ1v) is 2.53. The van der Waals surface area contributed by atoms with Gasteiger partial charge in [-0.25, -0.2) is 0 Å². The molecule has 0 rings (SSSR count). The molecule has 0 amide bonds. The van der Waals surface area contributed by atoms with Crippen LogP contribution in [0, 0.1) is 0 Å². The number of rotatable bonds is 3. The summed E-state index contributed by atoms with van der Waals surface area (Å²) in [5.41, 5.74) is 5.38. The van der Waals surface area contributed by atoms with Crippen molar-refractivity contribution in [2.75, 3.05) is 14.2 Å². The van der Waals surface area contributed by atoms with E-state index < -0.39 is 0 Å². The summed E-state index contributed by atoms with van der Waals surface area (Å²) < 4.78 is 9.61. The Morgan fingerprint density at radius 3 is 1.88 bits per heavy atom. The van der Waals surface area contributed by atoms with Crippen molar-refractivity contribution in [3.05, 3.63) is 0 Å². The van der Waals surface area contributed by atoms with E-state index in [9.17, 15) is 0 Å². The first kappa shape index (κ1) is 7.88. The van der Waals surface area contributed by atoms with E-state index in [-0.39, 0.29) is 12.3 Å². The van der Waals surface area contributed by atoms with Gasteiger partial charge in [0, 0.05) is 14.2 Å². The van der Waals surface area contributed by atoms with Crippen LogP contribution in [0.25, 0.3) is 0 Å². The maximum absolute atomic E-state index is 5.38. The first-order valence-electron chi connectivity index (χ1n) is 2.53. The molecule has 0 heterocycles. The van der Waals surface area contributed by atoms with Crippen molar-refractivity contribution >= 4 is 0 Å². The van der Waals surface area contributed by atoms with E-state index in [2.05, 4.69) is 0 Å². The van der Waals surface area contributed by atoms with Crippen LogP contribution in [0.15, 0.2) is 0 Å². The van der Waals surface area contributed by atoms with Gasteiger partial charge in [0.15, 0.2) is 0 Å². The predicted octanol–water partition coefficient (Wildman–Crippen LogP) is -0.0475. The molecule has 0 aromatic carbocycles. The molecule has 0 aliphatic heterocycles. The van der Waals surface area contributed by atoms with Crippen molar-refractivity contribution in [1.82, 2.24) is 0 Å². The highest BCUT2D eigenvalue weighted by Gasteiger charge is 2.08. The Labute approximate surface area is 49.8 Å². The van der Waals surface area contributed by atoms with Crippen molar-refractivity contribution in [2.24, 2.45) is 5.73 Å². The fraction of sp³-hybridized carbons (Fsp3) is 1.00. The zero-order chi connectivity index (χ0) is 6.57. The first-order chi connectivity index (χ1) is 3.72. The van der Waals surface area contributed by atoms with E-state index in [0.717, 1.165) is 0 Å². The van der Waals surface area contributed by atoms with Gasteiger partial charge in [-0.05, 0) is 6.92 Å². The number of methoxy groups -OCH3 is 2. The summed E-state index contributed by atoms with van der Waals surface area (Å²) in [7, 11) is 3.16. The molecule has 8 heavy (non-hydrogen) atoms. The molecule has 2 atom stereocenters. The van der Waals surface area contributed by atoms with Gasteiger partial charge in [0.05, 0.1) is 6.10 Å². The molecule has 0 aliphatic carbocycles. The average Bonchev–Trinajstić information content (AvgIpc) is 1.84. The van der Waals surface area contributed by atoms with Crippen LogP contribution >= 0.6 is 0 Å². The number of hydrogen-bond acceptors (Lipinski definition) is 3. The van der Waals surface area contributed by atoms with E-state index >= 15 is 0 Å². The Kier molecular flexibility index (Phi) is 3.77. The highest BCUT2D eigenvalue weighted by molar-refractivity contribution is 4.54. The lowest BCUT2D eigenvalue weighted by atomic mass is 10.4. The van der Waals surface area contributed by atoms with Gasteiger partial charge in [0.1, 0.15) is 6.23 Å². The van der Waals surface area contributed by atoms with Crippen LogP contribution in [0.1, 0.15) is 6.92 Å². The molecule has 0 aliphatic rings. The third-order valence-corrected chi connectivity index (χ3v) is 1.11. The second kappa shape index (κ2) is 3.83. The smallest absolute Gasteiger partial charge is 0.131 e. The third-order valence-electron chi connectivity index (χ3n) is 1.11. The molecule has 0 fully saturated rings. The SMILES string of the molecule is COC(C)C(N)OC. The van der Waals surface area contributed by atoms with E-state index in [1.807, 2.05) is 6.92 Å². The van der Waals surface area contributed by atoms with Crippen LogP contribution < -0.4 is 5.73 Å². The zero-order valence-electron chi connectivity index (χ0n) is 5.55. The number of hydrogen-bond donors (Lipinski definition) is 1. The standard InChI is InChI=1S/C5H13NO2/c1-4(7-2)5(6)8-3/h4-5H,6H2,1-3H3. The van der Waals surface area contributed by atoms with Crippen molar-refractivity contribution in [3.63, 3.8) is 0 Å². The Balaban J connectivity index is 3.29. The van der Waals surface area contributed by atoms with E-state index in [4.69, 9.17) is 15.2 Å². The summed E-state index contributed by atoms with van der Waals surface area (Å²) in [5, 5.41) is 0. The lowest BCUT2D eigenvalue weighted by Gasteiger charge is -2.15. The summed E-state index contributed by atoms with van der Waals surface area (Å²) >= 11 is 0. The monoisotopic (exact) mass is 119 g/mol. The Hall–Kier alpha value is -0.120. The number of ether oxygens (including phenoxy) is 2. The second-order valence-corrected chi connectivity index (χ2v) is 1.64. The van der Waals surface area contributed by atoms with Crippen molar-refractivity contribution in [3.8, 4) is 0 Å². The fourth-order valence-electron chi connectivity index (χ4n) is 0.326. The van der Waals surface area contributed by atoms with Gasteiger partial charge in [-0.1, -0.05) is 0 Å². The van der Waals surface area contributed by atoms with Crippen LogP contribution in [-0.2, 0) is 9.47 Å². The van der Waals surface area contributed by atoms with Crippen molar-refractivity contribution < 1.29 is 9.47 Å². The summed E-state index contributed by atoms with van der Waals surface area (Å²) in [5.74, 6) is 0. The van der Waals surface area contributed by atoms with Crippen LogP contribution in [0.4, 0.5) is 0 Å². The lowest BCUT2D eigenvalue weighted by Crippen LogP contribution is -2.35. The largest absolute Gasteiger partial charge is 0.378 e. The molecule has 50 valence electrons. The summed E-state index contributed by atoms with van der Waals surface area (Å²) in [6.07, 6.45) is -0.333. The van der Waals surface area contributed by atoms with Gasteiger partial charge in [0.2, 0.25) is 0 Å². The summed E-state index contributed by atoms with van der Waals surface area (Å²) in [6, 6.07) is 0. The molecule has 0 bridgehead atoms. The van der Waals surface area contributed by atoms with Gasteiger partial charge in [-0.15, -0.1) is 0 Å². The molecule has 2 unspecified atom stereocenters. The van der Waals surface area contributed by atoms with Crippen molar-refractivity contribution in [2.45, 2.75) is 19.3 Å². The second-order valence-electron chi connectivity index (χ2n) is 1.64. The lowest BCUT2D eigenvalue weighted by molar-refractivity contribution is -0.0223. The molecule has 3 heteroatoms. The summed E-state index contributed by atoms with van der Waals surface area (Å²) in [4.78, 5) is 0. The van der Waals surface area contributed by atoms with Crippen molar-refractivity contribution in [1.29, 1.82) is 0 Å². The minimum atomic E-state index is -0.306. The molecule has 0 saturated carbocycles. The fourth-order valence-corrected chi connectivity index (χ4v) is 0.326. The van der Waals surface area contributed by atoms with Crippen LogP contribution in [0.3, 0.4) is 0 Å². The molecule has 0 radical (unpaired) electrons. The quantitative estimate of drug-likeness (QED) is 0.530. The molecular weight excluding hydrogens is 106 g/mol. The molecule has 0 aromatic heterocycles. The maximum atomic E-state index is 5.38. The highest BCUT2D eigenvalue weighted by Crippen LogP contribution is 1.92. The van der Waals surface area contributed by atoms with Gasteiger partial charge < -0.3 is 15.2 Å². The highest BCUT2D eigenvalue weighted by atomic mass is 16.5. The number of nitrogens with two attached hydrogens (primary N) is 1. The molecule has 2 N–H and O–H groups in total. The van der Waals surface area contributed by atoms with Gasteiger partial charge in [0.25, 0.3) is 0 Å². The molecule has 0 spiro atoms. The van der Waals surface area contributed by atoms with E-state index in [1.165, 1.54) is 0 Å². The maximum Gasteiger partial charge on any atom is 0.131 e. The van der Waals surface area contributed by atoms with Gasteiger partial charge in [-0.2, -0.15) is 0 Å². The van der Waals surface area contributed by atoms with Gasteiger partial charge in [-0.3, -0.25) is 0 Å². The zero-order valence-corrected chi connectivity index (χ0v) is 5.55. The van der Waals surface area contributed by atoms with Crippen LogP contribution in [0.2, 0.25) is 0 Å². The van der Waals surface area contributed by atoms with E-state index in [1.54, 1.807) is 14.2 Å². The molecule has 0 aromatic rings.